The van der Waals surface area contributed by atoms with Crippen LogP contribution < -0.4 is 10.2 Å². The predicted octanol–water partition coefficient (Wildman–Crippen LogP) is 2.14. The number of amides is 1. The highest BCUT2D eigenvalue weighted by molar-refractivity contribution is 6.62. The van der Waals surface area contributed by atoms with Crippen LogP contribution in [0.5, 0.6) is 5.75 Å². The van der Waals surface area contributed by atoms with E-state index in [1.165, 1.54) is 4.90 Å². The number of rotatable bonds is 2. The van der Waals surface area contributed by atoms with Gasteiger partial charge in [0, 0.05) is 0 Å². The van der Waals surface area contributed by atoms with Crippen LogP contribution in [0.2, 0.25) is 0 Å². The third-order valence-electron chi connectivity index (χ3n) is 6.70. The van der Waals surface area contributed by atoms with Crippen LogP contribution in [0.3, 0.4) is 0 Å². The molecule has 152 valence electrons. The number of carbonyl (C=O) groups is 1. The first-order valence-electron chi connectivity index (χ1n) is 9.84. The summed E-state index contributed by atoms with van der Waals surface area (Å²) in [5.41, 5.74) is -0.160. The number of hydrogen-bond donors (Lipinski definition) is 1. The van der Waals surface area contributed by atoms with Gasteiger partial charge in [-0.15, -0.1) is 0 Å². The fourth-order valence-electron chi connectivity index (χ4n) is 4.14. The molecule has 1 saturated heterocycles. The molecule has 6 nitrogen and oxygen atoms in total. The second-order valence-corrected chi connectivity index (χ2v) is 8.98. The van der Waals surface area contributed by atoms with E-state index >= 15 is 4.39 Å². The minimum absolute atomic E-state index is 0.0356. The zero-order valence-corrected chi connectivity index (χ0v) is 17.0. The zero-order valence-electron chi connectivity index (χ0n) is 17.0. The summed E-state index contributed by atoms with van der Waals surface area (Å²) in [5.74, 6) is -0.933. The number of hydrogen-bond acceptors (Lipinski definition) is 5. The van der Waals surface area contributed by atoms with Crippen molar-refractivity contribution in [3.8, 4) is 5.75 Å². The molecule has 1 aromatic carbocycles. The highest BCUT2D eigenvalue weighted by Gasteiger charge is 2.53. The summed E-state index contributed by atoms with van der Waals surface area (Å²) >= 11 is 0. The van der Waals surface area contributed by atoms with Gasteiger partial charge < -0.3 is 19.2 Å². The fraction of sp³-hybridized carbons (Fsp3) is 0.650. The summed E-state index contributed by atoms with van der Waals surface area (Å²) < 4.78 is 32.8. The Bertz CT molecular complexity index is 811. The second kappa shape index (κ2) is 6.44. The summed E-state index contributed by atoms with van der Waals surface area (Å²) in [4.78, 5) is 14.6. The minimum atomic E-state index is -0.773. The van der Waals surface area contributed by atoms with Crippen LogP contribution in [-0.4, -0.2) is 53.1 Å². The van der Waals surface area contributed by atoms with E-state index in [2.05, 4.69) is 0 Å². The highest BCUT2D eigenvalue weighted by atomic mass is 19.1. The van der Waals surface area contributed by atoms with E-state index < -0.39 is 30.2 Å². The molecule has 1 N–H and O–H groups in total. The molecule has 0 bridgehead atoms. The van der Waals surface area contributed by atoms with Gasteiger partial charge in [-0.05, 0) is 71.0 Å². The molecule has 3 aliphatic rings. The number of benzene rings is 1. The maximum absolute atomic E-state index is 15.1. The fourth-order valence-corrected chi connectivity index (χ4v) is 4.14. The van der Waals surface area contributed by atoms with E-state index in [9.17, 15) is 9.90 Å². The van der Waals surface area contributed by atoms with E-state index in [-0.39, 0.29) is 30.0 Å². The predicted molar refractivity (Wildman–Crippen MR) is 102 cm³/mol. The number of ether oxygens (including phenoxy) is 1. The number of nitrogens with zero attached hydrogens (tertiary/aromatic N) is 1. The van der Waals surface area contributed by atoms with Crippen molar-refractivity contribution in [3.05, 3.63) is 23.0 Å². The summed E-state index contributed by atoms with van der Waals surface area (Å²) in [6, 6.07) is 1.32. The summed E-state index contributed by atoms with van der Waals surface area (Å²) in [6.45, 7) is 9.28. The first-order chi connectivity index (χ1) is 13.0. The van der Waals surface area contributed by atoms with Crippen molar-refractivity contribution in [3.63, 3.8) is 0 Å². The van der Waals surface area contributed by atoms with E-state index in [1.54, 1.807) is 13.0 Å². The Hall–Kier alpha value is -1.64. The Kier molecular flexibility index (Phi) is 4.52. The monoisotopic (exact) mass is 391 g/mol. The molecule has 0 aromatic heterocycles. The molecule has 2 aliphatic heterocycles. The number of aliphatic hydroxyl groups excluding tert-OH is 1. The first-order valence-corrected chi connectivity index (χ1v) is 9.84. The molecular formula is C20H27BFNO5. The highest BCUT2D eigenvalue weighted by Crippen LogP contribution is 2.38. The standard InChI is InChI=1S/C20H27BFNO5/c1-11-13(21-27-19(2,3)20(4,5)28-21)9-12-17(16(11)22)26-10-23(18(12)25)14-7-6-8-15(14)24/h9,14-15,24H,6-8,10H2,1-5H3/t14-,15-/m0/s1. The molecule has 2 atom stereocenters. The number of aliphatic hydroxyl groups is 1. The smallest absolute Gasteiger partial charge is 0.469 e. The van der Waals surface area contributed by atoms with Crippen LogP contribution in [0, 0.1) is 12.7 Å². The maximum atomic E-state index is 15.1. The van der Waals surface area contributed by atoms with Crippen molar-refractivity contribution in [2.75, 3.05) is 6.73 Å². The van der Waals surface area contributed by atoms with E-state index in [1.807, 2.05) is 27.7 Å². The third kappa shape index (κ3) is 2.85. The molecule has 0 unspecified atom stereocenters. The Morgan fingerprint density at radius 3 is 2.43 bits per heavy atom. The molecule has 0 spiro atoms. The van der Waals surface area contributed by atoms with Gasteiger partial charge in [-0.1, -0.05) is 0 Å². The van der Waals surface area contributed by atoms with Crippen LogP contribution in [0.1, 0.15) is 62.9 Å². The van der Waals surface area contributed by atoms with Crippen molar-refractivity contribution in [2.24, 2.45) is 0 Å². The molecule has 2 heterocycles. The van der Waals surface area contributed by atoms with Crippen LogP contribution in [0.4, 0.5) is 4.39 Å². The number of fused-ring (bicyclic) bond motifs is 1. The van der Waals surface area contributed by atoms with Crippen LogP contribution in [0.25, 0.3) is 0 Å². The van der Waals surface area contributed by atoms with Gasteiger partial charge in [-0.25, -0.2) is 4.39 Å². The summed E-state index contributed by atoms with van der Waals surface area (Å²) in [6.07, 6.45) is 1.64. The van der Waals surface area contributed by atoms with Crippen LogP contribution in [0.15, 0.2) is 6.07 Å². The average molecular weight is 391 g/mol. The number of carbonyl (C=O) groups excluding carboxylic acids is 1. The Morgan fingerprint density at radius 1 is 1.21 bits per heavy atom. The van der Waals surface area contributed by atoms with Gasteiger partial charge in [0.25, 0.3) is 5.91 Å². The summed E-state index contributed by atoms with van der Waals surface area (Å²) in [5, 5.41) is 10.2. The van der Waals surface area contributed by atoms with Crippen LogP contribution in [-0.2, 0) is 9.31 Å². The van der Waals surface area contributed by atoms with Gasteiger partial charge in [0.1, 0.15) is 0 Å². The SMILES string of the molecule is Cc1c(B2OC(C)(C)C(C)(C)O2)cc2c(c1F)OCN([C@H]1CCC[C@@H]1O)C2=O. The van der Waals surface area contributed by atoms with Gasteiger partial charge in [-0.3, -0.25) is 9.69 Å². The lowest BCUT2D eigenvalue weighted by Crippen LogP contribution is -2.49. The first kappa shape index (κ1) is 19.7. The molecule has 8 heteroatoms. The number of halogens is 1. The topological polar surface area (TPSA) is 68.2 Å². The van der Waals surface area contributed by atoms with Gasteiger partial charge in [0.15, 0.2) is 18.3 Å². The molecule has 1 saturated carbocycles. The van der Waals surface area contributed by atoms with E-state index in [4.69, 9.17) is 14.0 Å². The normalized spacial score (nSPS) is 28.5. The molecule has 1 aliphatic carbocycles. The van der Waals surface area contributed by atoms with Crippen molar-refractivity contribution in [2.45, 2.75) is 77.2 Å². The molecule has 1 amide bonds. The molecule has 0 radical (unpaired) electrons. The third-order valence-corrected chi connectivity index (χ3v) is 6.70. The molecular weight excluding hydrogens is 364 g/mol. The maximum Gasteiger partial charge on any atom is 0.495 e. The van der Waals surface area contributed by atoms with Gasteiger partial charge in [0.2, 0.25) is 0 Å². The molecule has 2 fully saturated rings. The Balaban J connectivity index is 1.72. The molecule has 4 rings (SSSR count). The largest absolute Gasteiger partial charge is 0.495 e. The lowest BCUT2D eigenvalue weighted by Gasteiger charge is -2.35. The van der Waals surface area contributed by atoms with Crippen molar-refractivity contribution < 1.29 is 28.3 Å². The van der Waals surface area contributed by atoms with Crippen LogP contribution >= 0.6 is 0 Å². The van der Waals surface area contributed by atoms with Gasteiger partial charge >= 0.3 is 7.12 Å². The lowest BCUT2D eigenvalue weighted by molar-refractivity contribution is 0.00578. The van der Waals surface area contributed by atoms with E-state index in [0.29, 0.717) is 23.9 Å². The van der Waals surface area contributed by atoms with Gasteiger partial charge in [0.05, 0.1) is 28.9 Å². The van der Waals surface area contributed by atoms with Gasteiger partial charge in [-0.2, -0.15) is 0 Å². The minimum Gasteiger partial charge on any atom is -0.469 e. The summed E-state index contributed by atoms with van der Waals surface area (Å²) in [7, 11) is -0.773. The zero-order chi connectivity index (χ0) is 20.4. The quantitative estimate of drug-likeness (QED) is 0.783. The van der Waals surface area contributed by atoms with Crippen molar-refractivity contribution in [1.29, 1.82) is 0 Å². The molecule has 28 heavy (non-hydrogen) atoms. The van der Waals surface area contributed by atoms with E-state index in [0.717, 1.165) is 6.42 Å². The van der Waals surface area contributed by atoms with Crippen molar-refractivity contribution in [1.82, 2.24) is 4.90 Å². The van der Waals surface area contributed by atoms with Crippen molar-refractivity contribution >= 4 is 18.5 Å². The molecule has 1 aromatic rings. The second-order valence-electron chi connectivity index (χ2n) is 8.98. The Labute approximate surface area is 165 Å². The lowest BCUT2D eigenvalue weighted by atomic mass is 9.75. The average Bonchev–Trinajstić information content (AvgIpc) is 3.11. The Morgan fingerprint density at radius 2 is 1.86 bits per heavy atom.